The number of rotatable bonds is 7. The summed E-state index contributed by atoms with van der Waals surface area (Å²) in [4.78, 5) is 30.7. The van der Waals surface area contributed by atoms with Crippen molar-refractivity contribution in [2.45, 2.75) is 19.9 Å². The van der Waals surface area contributed by atoms with Gasteiger partial charge >= 0.3 is 6.03 Å². The minimum Gasteiger partial charge on any atom is -0.497 e. The molecule has 0 radical (unpaired) electrons. The fraction of sp³-hybridized carbons (Fsp3) is 0.185. The second kappa shape index (κ2) is 10.0. The average Bonchev–Trinajstić information content (AvgIpc) is 2.83. The number of fused-ring (bicyclic) bond motifs is 1. The number of nitrogens with zero attached hydrogens (tertiary/aromatic N) is 1. The van der Waals surface area contributed by atoms with Crippen molar-refractivity contribution in [1.29, 1.82) is 0 Å². The molecule has 0 fully saturated rings. The molecule has 0 aliphatic carbocycles. The molecule has 2 N–H and O–H groups in total. The second-order valence-corrected chi connectivity index (χ2v) is 7.98. The van der Waals surface area contributed by atoms with Gasteiger partial charge in [0.25, 0.3) is 5.56 Å². The van der Waals surface area contributed by atoms with Gasteiger partial charge in [0.15, 0.2) is 0 Å². The summed E-state index contributed by atoms with van der Waals surface area (Å²) >= 11 is 0. The Labute approximate surface area is 192 Å². The Hall–Kier alpha value is -4.06. The lowest BCUT2D eigenvalue weighted by molar-refractivity contribution is 0.209. The van der Waals surface area contributed by atoms with Crippen LogP contribution in [0.2, 0.25) is 0 Å². The summed E-state index contributed by atoms with van der Waals surface area (Å²) in [6, 6.07) is 24.7. The van der Waals surface area contributed by atoms with Crippen LogP contribution in [0.1, 0.15) is 16.7 Å². The topological polar surface area (TPSA) is 74.4 Å². The van der Waals surface area contributed by atoms with Crippen molar-refractivity contribution in [2.75, 3.05) is 19.0 Å². The largest absolute Gasteiger partial charge is 0.497 e. The third-order valence-corrected chi connectivity index (χ3v) is 5.67. The van der Waals surface area contributed by atoms with Crippen LogP contribution in [0.3, 0.4) is 0 Å². The number of ether oxygens (including phenoxy) is 1. The molecule has 168 valence electrons. The van der Waals surface area contributed by atoms with Crippen LogP contribution < -0.4 is 15.6 Å². The van der Waals surface area contributed by atoms with E-state index in [0.717, 1.165) is 22.0 Å². The predicted octanol–water partition coefficient (Wildman–Crippen LogP) is 5.12. The highest BCUT2D eigenvalue weighted by atomic mass is 16.5. The molecule has 6 nitrogen and oxygen atoms in total. The molecular weight excluding hydrogens is 414 g/mol. The van der Waals surface area contributed by atoms with E-state index in [-0.39, 0.29) is 18.1 Å². The number of aromatic amines is 1. The van der Waals surface area contributed by atoms with Crippen LogP contribution in [0.5, 0.6) is 5.75 Å². The van der Waals surface area contributed by atoms with Crippen LogP contribution in [0.25, 0.3) is 10.9 Å². The van der Waals surface area contributed by atoms with Gasteiger partial charge in [0.05, 0.1) is 19.2 Å². The third kappa shape index (κ3) is 5.41. The Morgan fingerprint density at radius 1 is 1.00 bits per heavy atom. The number of aryl methyl sites for hydroxylation is 1. The highest BCUT2D eigenvalue weighted by Crippen LogP contribution is 2.18. The number of aromatic nitrogens is 1. The van der Waals surface area contributed by atoms with E-state index in [1.54, 1.807) is 36.3 Å². The highest BCUT2D eigenvalue weighted by molar-refractivity contribution is 5.89. The zero-order chi connectivity index (χ0) is 23.2. The Balaban J connectivity index is 1.58. The lowest BCUT2D eigenvalue weighted by Crippen LogP contribution is -2.37. The molecule has 1 heterocycles. The van der Waals surface area contributed by atoms with Crippen LogP contribution in [0.15, 0.2) is 83.7 Å². The monoisotopic (exact) mass is 441 g/mol. The molecule has 0 unspecified atom stereocenters. The minimum atomic E-state index is -0.264. The van der Waals surface area contributed by atoms with Crippen molar-refractivity contribution in [3.05, 3.63) is 106 Å². The van der Waals surface area contributed by atoms with Crippen LogP contribution in [0, 0.1) is 6.92 Å². The van der Waals surface area contributed by atoms with Gasteiger partial charge in [-0.1, -0.05) is 48.5 Å². The van der Waals surface area contributed by atoms with Gasteiger partial charge in [0.2, 0.25) is 0 Å². The first-order valence-electron chi connectivity index (χ1n) is 10.9. The van der Waals surface area contributed by atoms with E-state index in [0.29, 0.717) is 30.0 Å². The molecule has 3 aromatic carbocycles. The minimum absolute atomic E-state index is 0.182. The summed E-state index contributed by atoms with van der Waals surface area (Å²) in [6.07, 6.45) is 0.682. The number of carbonyl (C=O) groups excluding carboxylic acids is 1. The van der Waals surface area contributed by atoms with Crippen molar-refractivity contribution in [3.8, 4) is 5.75 Å². The first-order valence-corrected chi connectivity index (χ1v) is 10.9. The first kappa shape index (κ1) is 22.1. The standard InChI is InChI=1S/C27H27N3O3/c1-19-7-6-10-21-17-22(26(31)29-25(19)21)18-30(16-15-20-8-4-3-5-9-20)27(32)28-23-11-13-24(33-2)14-12-23/h3-14,17H,15-16,18H2,1-2H3,(H,28,32)(H,29,31). The van der Waals surface area contributed by atoms with Crippen LogP contribution in [-0.4, -0.2) is 29.6 Å². The van der Waals surface area contributed by atoms with Crippen molar-refractivity contribution >= 4 is 22.6 Å². The average molecular weight is 442 g/mol. The number of pyridine rings is 1. The number of methoxy groups -OCH3 is 1. The van der Waals surface area contributed by atoms with E-state index in [1.165, 1.54) is 0 Å². The summed E-state index contributed by atoms with van der Waals surface area (Å²) in [6.45, 7) is 2.64. The van der Waals surface area contributed by atoms with E-state index in [1.807, 2.05) is 61.5 Å². The molecule has 0 saturated carbocycles. The molecule has 0 saturated heterocycles. The van der Waals surface area contributed by atoms with Gasteiger partial charge in [-0.15, -0.1) is 0 Å². The van der Waals surface area contributed by atoms with E-state index in [9.17, 15) is 9.59 Å². The maximum absolute atomic E-state index is 13.2. The Morgan fingerprint density at radius 3 is 2.48 bits per heavy atom. The molecular formula is C27H27N3O3. The summed E-state index contributed by atoms with van der Waals surface area (Å²) in [7, 11) is 1.60. The zero-order valence-corrected chi connectivity index (χ0v) is 18.8. The highest BCUT2D eigenvalue weighted by Gasteiger charge is 2.17. The van der Waals surface area contributed by atoms with E-state index >= 15 is 0 Å². The normalized spacial score (nSPS) is 10.7. The fourth-order valence-corrected chi connectivity index (χ4v) is 3.79. The summed E-state index contributed by atoms with van der Waals surface area (Å²) < 4.78 is 5.18. The number of carbonyl (C=O) groups is 1. The van der Waals surface area contributed by atoms with Crippen LogP contribution in [0.4, 0.5) is 10.5 Å². The van der Waals surface area contributed by atoms with Crippen molar-refractivity contribution in [2.24, 2.45) is 0 Å². The maximum atomic E-state index is 13.2. The van der Waals surface area contributed by atoms with Crippen molar-refractivity contribution in [3.63, 3.8) is 0 Å². The molecule has 4 aromatic rings. The second-order valence-electron chi connectivity index (χ2n) is 7.98. The number of amides is 2. The fourth-order valence-electron chi connectivity index (χ4n) is 3.79. The van der Waals surface area contributed by atoms with Gasteiger partial charge in [-0.25, -0.2) is 4.79 Å². The summed E-state index contributed by atoms with van der Waals surface area (Å²) in [5, 5.41) is 3.88. The number of H-pyrrole nitrogens is 1. The Kier molecular flexibility index (Phi) is 6.74. The molecule has 0 aliphatic heterocycles. The lowest BCUT2D eigenvalue weighted by atomic mass is 10.1. The first-order chi connectivity index (χ1) is 16.0. The number of urea groups is 1. The Bertz CT molecular complexity index is 1300. The van der Waals surface area contributed by atoms with Crippen molar-refractivity contribution in [1.82, 2.24) is 9.88 Å². The SMILES string of the molecule is COc1ccc(NC(=O)N(CCc2ccccc2)Cc2cc3cccc(C)c3[nH]c2=O)cc1. The predicted molar refractivity (Wildman–Crippen MR) is 132 cm³/mol. The molecule has 0 bridgehead atoms. The molecule has 6 heteroatoms. The number of benzene rings is 3. The third-order valence-electron chi connectivity index (χ3n) is 5.67. The van der Waals surface area contributed by atoms with Crippen LogP contribution >= 0.6 is 0 Å². The van der Waals surface area contributed by atoms with Crippen LogP contribution in [-0.2, 0) is 13.0 Å². The van der Waals surface area contributed by atoms with Gasteiger partial charge in [0, 0.05) is 17.8 Å². The quantitative estimate of drug-likeness (QED) is 0.418. The summed E-state index contributed by atoms with van der Waals surface area (Å²) in [5.41, 5.74) is 3.99. The van der Waals surface area contributed by atoms with Gasteiger partial charge in [-0.3, -0.25) is 4.79 Å². The van der Waals surface area contributed by atoms with E-state index < -0.39 is 0 Å². The van der Waals surface area contributed by atoms with Gasteiger partial charge in [-0.2, -0.15) is 0 Å². The maximum Gasteiger partial charge on any atom is 0.322 e. The Morgan fingerprint density at radius 2 is 1.76 bits per heavy atom. The molecule has 0 aliphatic rings. The summed E-state index contributed by atoms with van der Waals surface area (Å²) in [5.74, 6) is 0.715. The molecule has 0 spiro atoms. The number of para-hydroxylation sites is 1. The molecule has 33 heavy (non-hydrogen) atoms. The van der Waals surface area contributed by atoms with Gasteiger partial charge < -0.3 is 19.9 Å². The van der Waals surface area contributed by atoms with E-state index in [4.69, 9.17) is 4.74 Å². The lowest BCUT2D eigenvalue weighted by Gasteiger charge is -2.23. The molecule has 1 aromatic heterocycles. The molecule has 0 atom stereocenters. The van der Waals surface area contributed by atoms with Gasteiger partial charge in [0.1, 0.15) is 5.75 Å². The number of hydrogen-bond acceptors (Lipinski definition) is 3. The molecule has 2 amide bonds. The molecule has 4 rings (SSSR count). The van der Waals surface area contributed by atoms with Crippen molar-refractivity contribution < 1.29 is 9.53 Å². The zero-order valence-electron chi connectivity index (χ0n) is 18.8. The number of anilines is 1. The number of hydrogen-bond donors (Lipinski definition) is 2. The van der Waals surface area contributed by atoms with E-state index in [2.05, 4.69) is 10.3 Å². The smallest absolute Gasteiger partial charge is 0.322 e. The van der Waals surface area contributed by atoms with Gasteiger partial charge in [-0.05, 0) is 60.2 Å². The number of nitrogens with one attached hydrogen (secondary N) is 2.